The first-order valence-corrected chi connectivity index (χ1v) is 10.6. The molecule has 0 bridgehead atoms. The Bertz CT molecular complexity index is 1010. The van der Waals surface area contributed by atoms with E-state index in [1.165, 1.54) is 17.0 Å². The molecule has 0 spiro atoms. The number of aromatic nitrogens is 2. The second-order valence-electron chi connectivity index (χ2n) is 7.18. The van der Waals surface area contributed by atoms with E-state index in [0.717, 1.165) is 41.1 Å². The largest absolute Gasteiger partial charge is 0.330 e. The molecule has 0 saturated heterocycles. The van der Waals surface area contributed by atoms with Crippen LogP contribution in [0.3, 0.4) is 0 Å². The van der Waals surface area contributed by atoms with Gasteiger partial charge in [0.15, 0.2) is 5.78 Å². The standard InChI is InChI=1S/C21H21ClFN3OS/c22-17-12-25-26-6-2-5-19-16(21(17)26)10-20(28-19)18(27)9-14(11-24)7-13-3-1-4-15(23)8-13/h1,3-4,8,10,12,14H,2,5-7,9,11,24H2/t14-/m1/s1. The number of aryl methyl sites for hydroxylation is 2. The molecule has 0 amide bonds. The number of ketones is 1. The van der Waals surface area contributed by atoms with Gasteiger partial charge in [-0.3, -0.25) is 9.48 Å². The molecular weight excluding hydrogens is 397 g/mol. The van der Waals surface area contributed by atoms with Crippen molar-refractivity contribution in [3.63, 3.8) is 0 Å². The van der Waals surface area contributed by atoms with E-state index < -0.39 is 0 Å². The maximum atomic E-state index is 13.4. The number of rotatable bonds is 6. The number of hydrogen-bond acceptors (Lipinski definition) is 4. The van der Waals surface area contributed by atoms with Crippen LogP contribution in [0.1, 0.15) is 33.0 Å². The second kappa shape index (κ2) is 8.15. The van der Waals surface area contributed by atoms with Crippen LogP contribution < -0.4 is 5.73 Å². The van der Waals surface area contributed by atoms with Crippen molar-refractivity contribution in [1.29, 1.82) is 0 Å². The molecule has 0 unspecified atom stereocenters. The molecule has 7 heteroatoms. The monoisotopic (exact) mass is 417 g/mol. The molecule has 0 radical (unpaired) electrons. The lowest BCUT2D eigenvalue weighted by molar-refractivity contribution is 0.0966. The predicted molar refractivity (Wildman–Crippen MR) is 110 cm³/mol. The third kappa shape index (κ3) is 3.90. The maximum absolute atomic E-state index is 13.4. The van der Waals surface area contributed by atoms with Crippen LogP contribution in [0.4, 0.5) is 4.39 Å². The van der Waals surface area contributed by atoms with Gasteiger partial charge in [0.1, 0.15) is 5.82 Å². The van der Waals surface area contributed by atoms with Crippen LogP contribution in [0, 0.1) is 11.7 Å². The minimum absolute atomic E-state index is 0.0229. The Morgan fingerprint density at radius 1 is 1.39 bits per heavy atom. The van der Waals surface area contributed by atoms with E-state index in [0.29, 0.717) is 24.4 Å². The van der Waals surface area contributed by atoms with E-state index in [2.05, 4.69) is 5.10 Å². The SMILES string of the molecule is NC[C@@H](CC(=O)c1cc2c(s1)CCCn1ncc(Cl)c1-2)Cc1cccc(F)c1. The smallest absolute Gasteiger partial charge is 0.173 e. The van der Waals surface area contributed by atoms with E-state index in [1.807, 2.05) is 16.8 Å². The lowest BCUT2D eigenvalue weighted by Gasteiger charge is -2.13. The second-order valence-corrected chi connectivity index (χ2v) is 8.72. The Morgan fingerprint density at radius 3 is 3.04 bits per heavy atom. The molecule has 3 aromatic rings. The molecule has 28 heavy (non-hydrogen) atoms. The zero-order valence-electron chi connectivity index (χ0n) is 15.3. The van der Waals surface area contributed by atoms with Gasteiger partial charge in [0, 0.05) is 23.4 Å². The number of hydrogen-bond donors (Lipinski definition) is 1. The molecule has 1 aliphatic rings. The first kappa shape index (κ1) is 19.3. The highest BCUT2D eigenvalue weighted by molar-refractivity contribution is 7.14. The van der Waals surface area contributed by atoms with Gasteiger partial charge in [0.25, 0.3) is 0 Å². The number of fused-ring (bicyclic) bond motifs is 3. The summed E-state index contributed by atoms with van der Waals surface area (Å²) in [6.07, 6.45) is 4.48. The predicted octanol–water partition coefficient (Wildman–Crippen LogP) is 4.74. The fourth-order valence-corrected chi connectivity index (χ4v) is 5.13. The summed E-state index contributed by atoms with van der Waals surface area (Å²) in [7, 11) is 0. The zero-order chi connectivity index (χ0) is 19.7. The van der Waals surface area contributed by atoms with Crippen LogP contribution in [-0.2, 0) is 19.4 Å². The summed E-state index contributed by atoms with van der Waals surface area (Å²) < 4.78 is 15.3. The van der Waals surface area contributed by atoms with Crippen molar-refractivity contribution in [3.05, 3.63) is 62.7 Å². The molecule has 4 nitrogen and oxygen atoms in total. The minimum atomic E-state index is -0.268. The van der Waals surface area contributed by atoms with E-state index in [1.54, 1.807) is 23.6 Å². The number of benzene rings is 1. The van der Waals surface area contributed by atoms with Gasteiger partial charge in [-0.15, -0.1) is 11.3 Å². The molecule has 1 aliphatic heterocycles. The Kier molecular flexibility index (Phi) is 5.62. The fourth-order valence-electron chi connectivity index (χ4n) is 3.74. The van der Waals surface area contributed by atoms with Crippen LogP contribution in [-0.4, -0.2) is 22.1 Å². The fraction of sp³-hybridized carbons (Fsp3) is 0.333. The summed E-state index contributed by atoms with van der Waals surface area (Å²) in [5.41, 5.74) is 8.68. The van der Waals surface area contributed by atoms with E-state index in [-0.39, 0.29) is 17.5 Å². The van der Waals surface area contributed by atoms with E-state index in [9.17, 15) is 9.18 Å². The van der Waals surface area contributed by atoms with E-state index >= 15 is 0 Å². The van der Waals surface area contributed by atoms with Crippen LogP contribution in [0.25, 0.3) is 11.3 Å². The van der Waals surface area contributed by atoms with Crippen molar-refractivity contribution >= 4 is 28.7 Å². The summed E-state index contributed by atoms with van der Waals surface area (Å²) in [6.45, 7) is 1.21. The van der Waals surface area contributed by atoms with Gasteiger partial charge in [0.05, 0.1) is 21.8 Å². The van der Waals surface area contributed by atoms with E-state index in [4.69, 9.17) is 17.3 Å². The summed E-state index contributed by atoms with van der Waals surface area (Å²) in [4.78, 5) is 14.8. The normalized spacial score (nSPS) is 14.2. The van der Waals surface area contributed by atoms with Crippen LogP contribution >= 0.6 is 22.9 Å². The van der Waals surface area contributed by atoms with Crippen LogP contribution in [0.15, 0.2) is 36.5 Å². The van der Waals surface area contributed by atoms with Gasteiger partial charge in [-0.25, -0.2) is 4.39 Å². The average molecular weight is 418 g/mol. The Hall–Kier alpha value is -2.02. The Labute approximate surface area is 172 Å². The molecule has 146 valence electrons. The zero-order valence-corrected chi connectivity index (χ0v) is 16.9. The first-order valence-electron chi connectivity index (χ1n) is 9.37. The molecule has 3 heterocycles. The van der Waals surface area contributed by atoms with Crippen molar-refractivity contribution in [1.82, 2.24) is 9.78 Å². The summed E-state index contributed by atoms with van der Waals surface area (Å²) in [5, 5.41) is 4.96. The molecule has 0 fully saturated rings. The van der Waals surface area contributed by atoms with Gasteiger partial charge >= 0.3 is 0 Å². The highest BCUT2D eigenvalue weighted by atomic mass is 35.5. The van der Waals surface area contributed by atoms with Gasteiger partial charge in [-0.05, 0) is 55.5 Å². The Morgan fingerprint density at radius 2 is 2.25 bits per heavy atom. The first-order chi connectivity index (χ1) is 13.5. The third-order valence-corrected chi connectivity index (χ3v) is 6.64. The summed E-state index contributed by atoms with van der Waals surface area (Å²) >= 11 is 7.89. The summed E-state index contributed by atoms with van der Waals surface area (Å²) in [5.74, 6) is -0.215. The van der Waals surface area contributed by atoms with Gasteiger partial charge in [0.2, 0.25) is 0 Å². The third-order valence-electron chi connectivity index (χ3n) is 5.13. The molecule has 4 rings (SSSR count). The average Bonchev–Trinajstić information content (AvgIpc) is 3.20. The highest BCUT2D eigenvalue weighted by Gasteiger charge is 2.24. The Balaban J connectivity index is 1.54. The number of nitrogens with zero attached hydrogens (tertiary/aromatic N) is 2. The number of Topliss-reactive ketones (excluding diaryl/α,β-unsaturated/α-hetero) is 1. The number of halogens is 2. The molecule has 2 aromatic heterocycles. The molecule has 1 aromatic carbocycles. The number of thiophene rings is 1. The van der Waals surface area contributed by atoms with Crippen molar-refractivity contribution in [2.75, 3.05) is 6.54 Å². The molecular formula is C21H21ClFN3OS. The number of carbonyl (C=O) groups excluding carboxylic acids is 1. The molecule has 0 saturated carbocycles. The van der Waals surface area contributed by atoms with Crippen molar-refractivity contribution in [2.45, 2.75) is 32.2 Å². The van der Waals surface area contributed by atoms with Crippen LogP contribution in [0.5, 0.6) is 0 Å². The number of nitrogens with two attached hydrogens (primary N) is 1. The minimum Gasteiger partial charge on any atom is -0.330 e. The molecule has 0 aliphatic carbocycles. The maximum Gasteiger partial charge on any atom is 0.173 e. The lowest BCUT2D eigenvalue weighted by atomic mass is 9.93. The quantitative estimate of drug-likeness (QED) is 0.589. The molecule has 2 N–H and O–H groups in total. The van der Waals surface area contributed by atoms with Crippen molar-refractivity contribution < 1.29 is 9.18 Å². The van der Waals surface area contributed by atoms with Crippen molar-refractivity contribution in [3.8, 4) is 11.3 Å². The highest BCUT2D eigenvalue weighted by Crippen LogP contribution is 2.39. The lowest BCUT2D eigenvalue weighted by Crippen LogP contribution is -2.20. The number of carbonyl (C=O) groups is 1. The van der Waals surface area contributed by atoms with Gasteiger partial charge < -0.3 is 5.73 Å². The van der Waals surface area contributed by atoms with Crippen molar-refractivity contribution in [2.24, 2.45) is 11.7 Å². The topological polar surface area (TPSA) is 60.9 Å². The van der Waals surface area contributed by atoms with Gasteiger partial charge in [-0.1, -0.05) is 23.7 Å². The molecule has 1 atom stereocenters. The summed E-state index contributed by atoms with van der Waals surface area (Å²) in [6, 6.07) is 8.42. The van der Waals surface area contributed by atoms with Gasteiger partial charge in [-0.2, -0.15) is 5.10 Å². The van der Waals surface area contributed by atoms with Crippen LogP contribution in [0.2, 0.25) is 5.02 Å².